The van der Waals surface area contributed by atoms with Crippen molar-refractivity contribution in [1.29, 1.82) is 0 Å². The number of carbonyl (C=O) groups is 7. The lowest BCUT2D eigenvalue weighted by Gasteiger charge is -2.36. The van der Waals surface area contributed by atoms with Gasteiger partial charge in [-0.3, -0.25) is 90.5 Å². The standard InChI is InChI=1S/3C27H27N5O4S2.C3H7NO/c3*33-23(34)10-6-12-32-26(36)21(38-27(32)37)17-20-24(28-22-9-4-5-11-31(22)25(20)35)30-15-13-29(14-16-30)18-19-7-2-1-3-8-19;1-4(2)3-5/h3*1-5,7-9,11,17H,6,10,12-16,18H2,(H,33,34);3H,1-2H3/b3*21-17-;. The van der Waals surface area contributed by atoms with E-state index in [0.29, 0.717) is 137 Å². The SMILES string of the molecule is CN(C)C=O.O=C(O)CCCN1C(=O)/C(=C/c2c(N3CCN(Cc4ccccc4)CC3)nc3ccccn3c2=O)SC1=S.O=C(O)CCCN1C(=O)/C(=C/c2c(N3CCN(Cc4ccccc4)CC3)nc3ccccn3c2=O)SC1=S.O=C(O)CCCN1C(=O)/C(=C/c2c(N3CCN(Cc4ccccc4)CC3)nc3ccccn3c2=O)SC1=S. The number of rotatable bonds is 25. The minimum atomic E-state index is -0.922. The first kappa shape index (κ1) is 87.2. The van der Waals surface area contributed by atoms with Gasteiger partial charge in [0.2, 0.25) is 6.41 Å². The van der Waals surface area contributed by atoms with Crippen molar-refractivity contribution in [1.82, 2.24) is 62.5 Å². The fourth-order valence-corrected chi connectivity index (χ4v) is 17.8. The van der Waals surface area contributed by atoms with Crippen LogP contribution in [0, 0.1) is 0 Å². The highest BCUT2D eigenvalue weighted by Gasteiger charge is 2.37. The van der Waals surface area contributed by atoms with Gasteiger partial charge < -0.3 is 34.9 Å². The smallest absolute Gasteiger partial charge is 0.303 e. The molecule has 0 radical (unpaired) electrons. The molecule has 6 aliphatic rings. The fourth-order valence-electron chi connectivity index (χ4n) is 13.9. The average molecular weight is 1720 g/mol. The number of piperazine rings is 3. The van der Waals surface area contributed by atoms with E-state index in [-0.39, 0.29) is 73.3 Å². The topological polar surface area (TPSA) is 316 Å². The first-order chi connectivity index (χ1) is 57.5. The van der Waals surface area contributed by atoms with Crippen LogP contribution < -0.4 is 31.4 Å². The second-order valence-corrected chi connectivity index (χ2v) is 33.6. The number of hydrogen-bond donors (Lipinski definition) is 3. The van der Waals surface area contributed by atoms with E-state index >= 15 is 0 Å². The van der Waals surface area contributed by atoms with E-state index in [4.69, 9.17) is 66.9 Å². The predicted octanol–water partition coefficient (Wildman–Crippen LogP) is 8.95. The summed E-state index contributed by atoms with van der Waals surface area (Å²) in [5.41, 5.74) is 5.66. The van der Waals surface area contributed by atoms with Crippen molar-refractivity contribution in [3.05, 3.63) is 243 Å². The zero-order valence-electron chi connectivity index (χ0n) is 65.4. The van der Waals surface area contributed by atoms with Gasteiger partial charge in [0.05, 0.1) is 31.4 Å². The van der Waals surface area contributed by atoms with Gasteiger partial charge in [0.15, 0.2) is 0 Å². The summed E-state index contributed by atoms with van der Waals surface area (Å²) in [6.07, 6.45) is 11.3. The molecule has 3 aromatic carbocycles. The maximum atomic E-state index is 13.6. The van der Waals surface area contributed by atoms with Crippen molar-refractivity contribution in [2.45, 2.75) is 58.2 Å². The normalized spacial score (nSPS) is 17.2. The van der Waals surface area contributed by atoms with Crippen molar-refractivity contribution in [3.8, 4) is 0 Å². The van der Waals surface area contributed by atoms with Crippen LogP contribution >= 0.6 is 71.9 Å². The molecular formula is C84H88N16O13S6. The fraction of sp³-hybridized carbons (Fsp3) is 0.310. The number of amides is 4. The lowest BCUT2D eigenvalue weighted by molar-refractivity contribution is -0.138. The van der Waals surface area contributed by atoms with E-state index in [1.165, 1.54) is 49.5 Å². The molecule has 0 atom stereocenters. The van der Waals surface area contributed by atoms with Crippen LogP contribution in [-0.2, 0) is 53.2 Å². The molecule has 15 rings (SSSR count). The van der Waals surface area contributed by atoms with E-state index in [9.17, 15) is 47.9 Å². The van der Waals surface area contributed by atoms with E-state index in [2.05, 4.69) is 65.8 Å². The summed E-state index contributed by atoms with van der Waals surface area (Å²) in [4.78, 5) is 157. The van der Waals surface area contributed by atoms with Crippen LogP contribution in [0.15, 0.2) is 193 Å². The highest BCUT2D eigenvalue weighted by Crippen LogP contribution is 2.38. The lowest BCUT2D eigenvalue weighted by atomic mass is 10.2. The molecule has 6 saturated heterocycles. The highest BCUT2D eigenvalue weighted by molar-refractivity contribution is 8.27. The Morgan fingerprint density at radius 1 is 0.387 bits per heavy atom. The van der Waals surface area contributed by atoms with Gasteiger partial charge in [-0.05, 0) is 90.6 Å². The van der Waals surface area contributed by atoms with Crippen molar-refractivity contribution in [2.75, 3.05) is 127 Å². The number of carboxylic acids is 3. The molecule has 35 heteroatoms. The van der Waals surface area contributed by atoms with Crippen LogP contribution in [-0.4, -0.2) is 245 Å². The molecule has 119 heavy (non-hydrogen) atoms. The molecule has 6 aliphatic heterocycles. The summed E-state index contributed by atoms with van der Waals surface area (Å²) in [5.74, 6) is -2.06. The van der Waals surface area contributed by atoms with Crippen molar-refractivity contribution in [2.24, 2.45) is 0 Å². The molecular weight excluding hydrogens is 1630 g/mol. The molecule has 9 aromatic rings. The van der Waals surface area contributed by atoms with Gasteiger partial charge in [-0.1, -0.05) is 181 Å². The number of benzene rings is 3. The van der Waals surface area contributed by atoms with Crippen molar-refractivity contribution >= 4 is 180 Å². The Labute approximate surface area is 714 Å². The Hall–Kier alpha value is -11.2. The first-order valence-corrected chi connectivity index (χ1v) is 42.3. The van der Waals surface area contributed by atoms with Crippen LogP contribution in [0.5, 0.6) is 0 Å². The van der Waals surface area contributed by atoms with Gasteiger partial charge in [0, 0.05) is 170 Å². The molecule has 0 spiro atoms. The molecule has 618 valence electrons. The number of aromatic nitrogens is 6. The van der Waals surface area contributed by atoms with Crippen LogP contribution in [0.2, 0.25) is 0 Å². The number of thiocarbonyl (C=S) groups is 3. The van der Waals surface area contributed by atoms with E-state index in [1.54, 1.807) is 87.3 Å². The van der Waals surface area contributed by atoms with Gasteiger partial charge >= 0.3 is 17.9 Å². The molecule has 12 heterocycles. The summed E-state index contributed by atoms with van der Waals surface area (Å²) in [5, 5.41) is 26.8. The number of nitrogens with zero attached hydrogens (tertiary/aromatic N) is 16. The number of aliphatic carboxylic acids is 3. The van der Waals surface area contributed by atoms with Crippen LogP contribution in [0.25, 0.3) is 35.2 Å². The van der Waals surface area contributed by atoms with Crippen LogP contribution in [0.1, 0.15) is 71.9 Å². The quantitative estimate of drug-likeness (QED) is 0.0273. The van der Waals surface area contributed by atoms with E-state index < -0.39 is 17.9 Å². The number of thioether (sulfide) groups is 3. The van der Waals surface area contributed by atoms with E-state index in [1.807, 2.05) is 72.8 Å². The Kier molecular flexibility index (Phi) is 30.4. The van der Waals surface area contributed by atoms with Gasteiger partial charge in [0.1, 0.15) is 47.4 Å². The maximum Gasteiger partial charge on any atom is 0.303 e. The van der Waals surface area contributed by atoms with Gasteiger partial charge in [-0.25, -0.2) is 15.0 Å². The largest absolute Gasteiger partial charge is 0.481 e. The summed E-state index contributed by atoms with van der Waals surface area (Å²) in [7, 11) is 3.38. The molecule has 4 amide bonds. The molecule has 0 saturated carbocycles. The van der Waals surface area contributed by atoms with E-state index in [0.717, 1.165) is 101 Å². The number of anilines is 3. The first-order valence-electron chi connectivity index (χ1n) is 38.6. The number of carbonyl (C=O) groups excluding carboxylic acids is 4. The molecule has 29 nitrogen and oxygen atoms in total. The number of pyridine rings is 3. The van der Waals surface area contributed by atoms with Gasteiger partial charge in [-0.2, -0.15) is 0 Å². The summed E-state index contributed by atoms with van der Waals surface area (Å²) in [6.45, 7) is 12.3. The predicted molar refractivity (Wildman–Crippen MR) is 476 cm³/mol. The Balaban J connectivity index is 0.000000159. The summed E-state index contributed by atoms with van der Waals surface area (Å²) < 4.78 is 5.52. The number of carboxylic acid groups (broad SMARTS) is 3. The average Bonchev–Trinajstić information content (AvgIpc) is 1.74. The zero-order chi connectivity index (χ0) is 84.2. The summed E-state index contributed by atoms with van der Waals surface area (Å²) in [6, 6.07) is 47.2. The lowest BCUT2D eigenvalue weighted by Crippen LogP contribution is -2.47. The molecule has 6 aromatic heterocycles. The number of fused-ring (bicyclic) bond motifs is 3. The monoisotopic (exact) mass is 1720 g/mol. The zero-order valence-corrected chi connectivity index (χ0v) is 70.3. The minimum absolute atomic E-state index is 0.0492. The second-order valence-electron chi connectivity index (χ2n) is 28.6. The Bertz CT molecular complexity index is 5050. The Morgan fingerprint density at radius 2 is 0.630 bits per heavy atom. The third-order valence-corrected chi connectivity index (χ3v) is 24.1. The highest BCUT2D eigenvalue weighted by atomic mass is 32.2. The van der Waals surface area contributed by atoms with Crippen molar-refractivity contribution in [3.63, 3.8) is 0 Å². The van der Waals surface area contributed by atoms with Crippen LogP contribution in [0.4, 0.5) is 17.5 Å². The molecule has 0 bridgehead atoms. The minimum Gasteiger partial charge on any atom is -0.481 e. The Morgan fingerprint density at radius 3 is 0.866 bits per heavy atom. The van der Waals surface area contributed by atoms with Crippen molar-refractivity contribution < 1.29 is 48.9 Å². The van der Waals surface area contributed by atoms with Gasteiger partial charge in [0.25, 0.3) is 34.4 Å². The molecule has 3 N–H and O–H groups in total. The third-order valence-electron chi connectivity index (χ3n) is 20.0. The third kappa shape index (κ3) is 22.6. The summed E-state index contributed by atoms with van der Waals surface area (Å²) >= 11 is 19.5. The number of hydrogen-bond acceptors (Lipinski definition) is 25. The molecule has 6 fully saturated rings. The van der Waals surface area contributed by atoms with Gasteiger partial charge in [-0.15, -0.1) is 0 Å². The molecule has 0 aliphatic carbocycles. The second kappa shape index (κ2) is 41.5. The molecule has 0 unspecified atom stereocenters. The maximum absolute atomic E-state index is 13.6. The van der Waals surface area contributed by atoms with Crippen LogP contribution in [0.3, 0.4) is 0 Å².